The molecule has 16 heteroatoms. The number of Topliss-reactive ketones (excluding diaryl/α,β-unsaturated/α-hetero) is 2. The van der Waals surface area contributed by atoms with Gasteiger partial charge in [0.2, 0.25) is 11.8 Å². The van der Waals surface area contributed by atoms with Crippen molar-refractivity contribution in [3.8, 4) is 0 Å². The van der Waals surface area contributed by atoms with Crippen molar-refractivity contribution < 1.29 is 68.8 Å². The van der Waals surface area contributed by atoms with Crippen molar-refractivity contribution >= 4 is 41.3 Å². The van der Waals surface area contributed by atoms with Crippen molar-refractivity contribution in [3.63, 3.8) is 0 Å². The number of ether oxygens (including phenoxy) is 3. The van der Waals surface area contributed by atoms with Gasteiger partial charge in [0.05, 0.1) is 72.8 Å². The van der Waals surface area contributed by atoms with Crippen LogP contribution in [-0.4, -0.2) is 113 Å². The third kappa shape index (κ3) is 31.4. The molecule has 2 amide bonds. The molecule has 3 aliphatic heterocycles. The third-order valence-corrected chi connectivity index (χ3v) is 18.5. The molecule has 16 nitrogen and oxygen atoms in total. The molecule has 0 aromatic heterocycles. The molecule has 3 saturated heterocycles. The van der Waals surface area contributed by atoms with Crippen LogP contribution < -0.4 is 16.4 Å². The van der Waals surface area contributed by atoms with Crippen LogP contribution in [0.1, 0.15) is 210 Å². The smallest absolute Gasteiger partial charge is 0.310 e. The second-order valence-electron chi connectivity index (χ2n) is 29.1. The van der Waals surface area contributed by atoms with Crippen LogP contribution in [0, 0.1) is 41.4 Å². The minimum Gasteiger partial charge on any atom is -0.481 e. The standard InChI is InChI=1S/C31H42N2O6.C17H26O.C16H25NO.C13H18O2.C9H12O3/c1-6-23-17-25(28(38-23)13-12-24-18-26(31(36)37)27(7-2)39-24)30(35)33-15-14-32-29(34)20(5)22-10-8-21(9-11-22)16-19(3)4;1-5-6-7-17(18)14(4)16-10-8-15(9-11-16)12-13(2)3;1-12(2)11-14-6-8-15(9-7-14)13(3)16(18)5-4-10-17;1-9(2)8-11-4-6-12(7-5-11)10(3)13(14)15;1-3-6-5-7(9(10)11)8(4-2)12-6/h6-13,19-20,23-28H,1-2,14-18H2,3-5H3,(H,32,34)(H,33,35)(H,36,37);8-11,13-14H,5-7,12H2,1-4H3;6-9,12-13H,4-5,10-11,17H2,1-3H3;4-7,9-10H,8H2,1-3H3,(H,14,15);3-4,6-8H,1-2,5H2,(H,10,11)/p+1/b13-12-;;;;. The highest BCUT2D eigenvalue weighted by Crippen LogP contribution is 2.33. The van der Waals surface area contributed by atoms with Gasteiger partial charge in [-0.2, -0.15) is 0 Å². The Kier molecular flexibility index (Phi) is 40.4. The zero-order valence-corrected chi connectivity index (χ0v) is 63.6. The van der Waals surface area contributed by atoms with Gasteiger partial charge in [-0.3, -0.25) is 33.6 Å². The zero-order valence-electron chi connectivity index (χ0n) is 63.6. The van der Waals surface area contributed by atoms with Crippen LogP contribution in [0.25, 0.3) is 0 Å². The van der Waals surface area contributed by atoms with Crippen LogP contribution in [0.4, 0.5) is 0 Å². The van der Waals surface area contributed by atoms with E-state index in [2.05, 4.69) is 166 Å². The van der Waals surface area contributed by atoms with Crippen molar-refractivity contribution in [1.29, 1.82) is 0 Å². The molecule has 3 aliphatic rings. The number of unbranched alkanes of at least 4 members (excludes halogenated alkanes) is 1. The van der Waals surface area contributed by atoms with Crippen molar-refractivity contribution in [2.45, 2.75) is 227 Å². The summed E-state index contributed by atoms with van der Waals surface area (Å²) in [6, 6.07) is 33.1. The van der Waals surface area contributed by atoms with Gasteiger partial charge < -0.3 is 45.9 Å². The largest absolute Gasteiger partial charge is 0.481 e. The van der Waals surface area contributed by atoms with E-state index < -0.39 is 59.9 Å². The Hall–Kier alpha value is -7.89. The number of carbonyl (C=O) groups is 7. The number of aliphatic carboxylic acids is 3. The number of carbonyl (C=O) groups excluding carboxylic acids is 4. The van der Waals surface area contributed by atoms with Gasteiger partial charge in [0.1, 0.15) is 11.6 Å². The normalized spacial score (nSPS) is 20.9. The van der Waals surface area contributed by atoms with Crippen molar-refractivity contribution in [2.75, 3.05) is 19.6 Å². The molecule has 102 heavy (non-hydrogen) atoms. The van der Waals surface area contributed by atoms with Gasteiger partial charge in [-0.1, -0.05) is 216 Å². The molecule has 4 aromatic rings. The van der Waals surface area contributed by atoms with E-state index in [1.165, 1.54) is 34.4 Å². The van der Waals surface area contributed by atoms with Gasteiger partial charge in [0, 0.05) is 44.2 Å². The molecule has 3 fully saturated rings. The second kappa shape index (κ2) is 46.7. The number of amides is 2. The Morgan fingerprint density at radius 2 is 0.775 bits per heavy atom. The van der Waals surface area contributed by atoms with Crippen LogP contribution >= 0.6 is 0 Å². The van der Waals surface area contributed by atoms with Crippen LogP contribution in [0.15, 0.2) is 160 Å². The van der Waals surface area contributed by atoms with E-state index >= 15 is 0 Å². The number of ketones is 2. The number of nitrogens with one attached hydrogen (secondary N) is 2. The maximum Gasteiger partial charge on any atom is 0.310 e. The van der Waals surface area contributed by atoms with Crippen LogP contribution in [0.3, 0.4) is 0 Å². The molecule has 7 rings (SSSR count). The first-order valence-corrected chi connectivity index (χ1v) is 37.0. The molecule has 3 heterocycles. The number of carboxylic acid groups (broad SMARTS) is 3. The average molecular weight is 1410 g/mol. The van der Waals surface area contributed by atoms with Gasteiger partial charge in [0.15, 0.2) is 0 Å². The molecule has 0 radical (unpaired) electrons. The van der Waals surface area contributed by atoms with E-state index in [1.807, 2.05) is 57.2 Å². The van der Waals surface area contributed by atoms with Gasteiger partial charge in [-0.15, -0.1) is 26.3 Å². The topological polar surface area (TPSA) is 260 Å². The average Bonchev–Trinajstić information content (AvgIpc) is 1.69. The highest BCUT2D eigenvalue weighted by molar-refractivity contribution is 5.86. The fraction of sp³-hybridized carbons (Fsp3) is 0.523. The molecular formula is C86H124N3O13+. The lowest BCUT2D eigenvalue weighted by atomic mass is 9.92. The highest BCUT2D eigenvalue weighted by Gasteiger charge is 2.40. The fourth-order valence-corrected chi connectivity index (χ4v) is 12.3. The quantitative estimate of drug-likeness (QED) is 0.0188. The first-order valence-electron chi connectivity index (χ1n) is 37.0. The summed E-state index contributed by atoms with van der Waals surface area (Å²) < 4.78 is 17.0. The molecule has 560 valence electrons. The summed E-state index contributed by atoms with van der Waals surface area (Å²) in [5.74, 6) is -1.72. The number of carboxylic acids is 3. The predicted molar refractivity (Wildman–Crippen MR) is 409 cm³/mol. The molecule has 0 saturated carbocycles. The predicted octanol–water partition coefficient (Wildman–Crippen LogP) is 15.4. The molecule has 0 bridgehead atoms. The van der Waals surface area contributed by atoms with Crippen LogP contribution in [0.5, 0.6) is 0 Å². The summed E-state index contributed by atoms with van der Waals surface area (Å²) in [5.41, 5.74) is 13.1. The van der Waals surface area contributed by atoms with Crippen LogP contribution in [0.2, 0.25) is 0 Å². The van der Waals surface area contributed by atoms with E-state index in [4.69, 9.17) is 24.4 Å². The van der Waals surface area contributed by atoms with Gasteiger partial charge in [-0.05, 0) is 133 Å². The molecule has 13 unspecified atom stereocenters. The number of benzene rings is 4. The lowest BCUT2D eigenvalue weighted by Gasteiger charge is -2.17. The number of rotatable bonds is 34. The lowest BCUT2D eigenvalue weighted by Crippen LogP contribution is -2.50. The summed E-state index contributed by atoms with van der Waals surface area (Å²) in [5, 5.41) is 32.8. The van der Waals surface area contributed by atoms with Gasteiger partial charge in [0.25, 0.3) is 0 Å². The number of hydrogen-bond acceptors (Lipinski definition) is 10. The summed E-state index contributed by atoms with van der Waals surface area (Å²) in [7, 11) is 0. The van der Waals surface area contributed by atoms with Crippen molar-refractivity contribution in [1.82, 2.24) is 10.6 Å². The molecular weight excluding hydrogens is 1280 g/mol. The van der Waals surface area contributed by atoms with Gasteiger partial charge >= 0.3 is 17.9 Å². The monoisotopic (exact) mass is 1410 g/mol. The molecule has 0 spiro atoms. The van der Waals surface area contributed by atoms with E-state index in [1.54, 1.807) is 31.2 Å². The minimum atomic E-state index is -0.919. The Labute approximate surface area is 610 Å². The molecule has 13 atom stereocenters. The maximum absolute atomic E-state index is 13.0. The zero-order chi connectivity index (χ0) is 76.2. The summed E-state index contributed by atoms with van der Waals surface area (Å²) in [4.78, 5) is 82.4. The maximum atomic E-state index is 13.0. The van der Waals surface area contributed by atoms with E-state index in [-0.39, 0.29) is 47.9 Å². The van der Waals surface area contributed by atoms with E-state index in [0.29, 0.717) is 80.4 Å². The van der Waals surface area contributed by atoms with Crippen molar-refractivity contribution in [3.05, 3.63) is 204 Å². The molecule has 8 N–H and O–H groups in total. The Balaban J connectivity index is 0.000000360. The van der Waals surface area contributed by atoms with Gasteiger partial charge in [-0.25, -0.2) is 0 Å². The summed E-state index contributed by atoms with van der Waals surface area (Å²) in [6.07, 6.45) is 17.6. The first kappa shape index (κ1) is 88.3. The molecule has 0 aliphatic carbocycles. The number of quaternary nitrogens is 1. The van der Waals surface area contributed by atoms with Crippen molar-refractivity contribution in [2.24, 2.45) is 41.4 Å². The Morgan fingerprint density at radius 3 is 1.11 bits per heavy atom. The number of hydrogen-bond donors (Lipinski definition) is 6. The minimum absolute atomic E-state index is 0.0182. The summed E-state index contributed by atoms with van der Waals surface area (Å²) >= 11 is 0. The lowest BCUT2D eigenvalue weighted by molar-refractivity contribution is -0.368. The Bertz CT molecular complexity index is 3190. The van der Waals surface area contributed by atoms with Crippen LogP contribution in [-0.2, 0) is 73.5 Å². The van der Waals surface area contributed by atoms with E-state index in [9.17, 15) is 38.7 Å². The SMILES string of the molecule is C=CC1CC(C(=O)NCCNC(=O)C(C)c2ccc(CC(C)C)cc2)C(/C=C\C2CC(C(=O)O)C(C=C)O2)O1.C=CC1CC(C(=O)O)C(C=C)O1.CC(C)Cc1ccc(C(C)C(=O)CCC[NH3+])cc1.CC(C)Cc1ccc(C(C)C(=O)O)cc1.CCCCC(=O)C(C)c1ccc(CC(C)C)cc1. The second-order valence-corrected chi connectivity index (χ2v) is 29.1. The molecule has 4 aromatic carbocycles. The summed E-state index contributed by atoms with van der Waals surface area (Å²) in [6.45, 7) is 43.3. The first-order chi connectivity index (χ1) is 48.4. The Morgan fingerprint density at radius 1 is 0.441 bits per heavy atom. The highest BCUT2D eigenvalue weighted by atomic mass is 16.5. The third-order valence-electron chi connectivity index (χ3n) is 18.5. The fourth-order valence-electron chi connectivity index (χ4n) is 12.3. The van der Waals surface area contributed by atoms with E-state index in [0.717, 1.165) is 73.7 Å².